The summed E-state index contributed by atoms with van der Waals surface area (Å²) < 4.78 is 39.8. The molecule has 0 spiro atoms. The average Bonchev–Trinajstić information content (AvgIpc) is 3.05. The molecule has 8 nitrogen and oxygen atoms in total. The molecule has 3 aromatic rings. The van der Waals surface area contributed by atoms with Gasteiger partial charge in [0.15, 0.2) is 0 Å². The van der Waals surface area contributed by atoms with Gasteiger partial charge in [0.25, 0.3) is 5.91 Å². The summed E-state index contributed by atoms with van der Waals surface area (Å²) in [5.41, 5.74) is 12.1. The minimum Gasteiger partial charge on any atom is -0.383 e. The van der Waals surface area contributed by atoms with Gasteiger partial charge in [-0.3, -0.25) is 14.6 Å². The quantitative estimate of drug-likeness (QED) is 0.534. The lowest BCUT2D eigenvalue weighted by Crippen LogP contribution is -2.15. The summed E-state index contributed by atoms with van der Waals surface area (Å²) in [6.07, 6.45) is -2.82. The first-order valence-corrected chi connectivity index (χ1v) is 9.56. The molecular formula is C21H21F3N6O2. The van der Waals surface area contributed by atoms with Crippen LogP contribution in [0.3, 0.4) is 0 Å². The van der Waals surface area contributed by atoms with Gasteiger partial charge in [0.05, 0.1) is 23.9 Å². The molecule has 2 amide bonds. The number of primary amides is 1. The van der Waals surface area contributed by atoms with Crippen molar-refractivity contribution in [2.24, 2.45) is 5.73 Å². The number of carbonyl (C=O) groups is 2. The van der Waals surface area contributed by atoms with Crippen molar-refractivity contribution in [2.75, 3.05) is 11.1 Å². The lowest BCUT2D eigenvalue weighted by molar-refractivity contribution is -0.137. The van der Waals surface area contributed by atoms with E-state index in [1.165, 1.54) is 4.68 Å². The number of pyridine rings is 1. The standard InChI is InChI=1S/C21H21F3N6O2/c1-11(2)30-19(25)17(20(26)32)18(29-30)13-5-3-12(4-6-13)7-16(31)28-15-8-14(9-27-10-15)21(22,23)24/h3-6,8-11H,7,25H2,1-2H3,(H2,26,32)(H,28,31). The van der Waals surface area contributed by atoms with Crippen LogP contribution in [0, 0.1) is 0 Å². The van der Waals surface area contributed by atoms with E-state index in [-0.39, 0.29) is 29.5 Å². The first-order chi connectivity index (χ1) is 15.0. The summed E-state index contributed by atoms with van der Waals surface area (Å²) in [7, 11) is 0. The predicted molar refractivity (Wildman–Crippen MR) is 113 cm³/mol. The fraction of sp³-hybridized carbons (Fsp3) is 0.238. The zero-order valence-electron chi connectivity index (χ0n) is 17.3. The van der Waals surface area contributed by atoms with Crippen LogP contribution in [0.25, 0.3) is 11.3 Å². The molecule has 0 atom stereocenters. The number of anilines is 2. The van der Waals surface area contributed by atoms with E-state index in [1.54, 1.807) is 24.3 Å². The number of hydrogen-bond acceptors (Lipinski definition) is 5. The van der Waals surface area contributed by atoms with Gasteiger partial charge in [0.2, 0.25) is 5.91 Å². The van der Waals surface area contributed by atoms with Gasteiger partial charge in [0.1, 0.15) is 17.1 Å². The van der Waals surface area contributed by atoms with Gasteiger partial charge in [-0.1, -0.05) is 24.3 Å². The number of nitrogens with one attached hydrogen (secondary N) is 1. The summed E-state index contributed by atoms with van der Waals surface area (Å²) in [5.74, 6) is -1.05. The number of nitrogens with zero attached hydrogens (tertiary/aromatic N) is 3. The molecular weight excluding hydrogens is 425 g/mol. The fourth-order valence-corrected chi connectivity index (χ4v) is 3.12. The maximum atomic E-state index is 12.8. The van der Waals surface area contributed by atoms with Crippen LogP contribution in [-0.2, 0) is 17.4 Å². The molecule has 2 aromatic heterocycles. The Labute approximate surface area is 181 Å². The highest BCUT2D eigenvalue weighted by molar-refractivity contribution is 6.03. The van der Waals surface area contributed by atoms with Crippen LogP contribution >= 0.6 is 0 Å². The van der Waals surface area contributed by atoms with Crippen LogP contribution in [0.2, 0.25) is 0 Å². The molecule has 0 radical (unpaired) electrons. The van der Waals surface area contributed by atoms with Crippen molar-refractivity contribution in [2.45, 2.75) is 32.5 Å². The van der Waals surface area contributed by atoms with Gasteiger partial charge in [0, 0.05) is 17.8 Å². The third-order valence-electron chi connectivity index (χ3n) is 4.62. The molecule has 11 heteroatoms. The summed E-state index contributed by atoms with van der Waals surface area (Å²) in [6, 6.07) is 7.34. The maximum Gasteiger partial charge on any atom is 0.417 e. The van der Waals surface area contributed by atoms with Crippen LogP contribution in [0.1, 0.15) is 41.4 Å². The van der Waals surface area contributed by atoms with Crippen molar-refractivity contribution in [3.63, 3.8) is 0 Å². The normalized spacial score (nSPS) is 11.6. The highest BCUT2D eigenvalue weighted by Gasteiger charge is 2.31. The minimum absolute atomic E-state index is 0.0535. The molecule has 3 rings (SSSR count). The van der Waals surface area contributed by atoms with E-state index >= 15 is 0 Å². The van der Waals surface area contributed by atoms with E-state index in [2.05, 4.69) is 15.4 Å². The molecule has 168 valence electrons. The van der Waals surface area contributed by atoms with Crippen molar-refractivity contribution < 1.29 is 22.8 Å². The van der Waals surface area contributed by atoms with Crippen molar-refractivity contribution in [3.8, 4) is 11.3 Å². The molecule has 0 aliphatic rings. The van der Waals surface area contributed by atoms with Gasteiger partial charge >= 0.3 is 6.18 Å². The Bertz CT molecular complexity index is 1150. The summed E-state index contributed by atoms with van der Waals surface area (Å²) in [6.45, 7) is 3.72. The SMILES string of the molecule is CC(C)n1nc(-c2ccc(CC(=O)Nc3cncc(C(F)(F)F)c3)cc2)c(C(N)=O)c1N. The highest BCUT2D eigenvalue weighted by Crippen LogP contribution is 2.30. The number of nitrogen functional groups attached to an aromatic ring is 1. The van der Waals surface area contributed by atoms with Crippen LogP contribution in [0.15, 0.2) is 42.7 Å². The molecule has 5 N–H and O–H groups in total. The van der Waals surface area contributed by atoms with E-state index in [0.29, 0.717) is 23.0 Å². The number of nitrogens with two attached hydrogens (primary N) is 2. The Morgan fingerprint density at radius 2 is 1.81 bits per heavy atom. The Kier molecular flexibility index (Phi) is 6.19. The Morgan fingerprint density at radius 1 is 1.16 bits per heavy atom. The summed E-state index contributed by atoms with van der Waals surface area (Å²) in [5, 5.41) is 6.79. The second kappa shape index (κ2) is 8.69. The van der Waals surface area contributed by atoms with Crippen molar-refractivity contribution in [3.05, 3.63) is 59.4 Å². The highest BCUT2D eigenvalue weighted by atomic mass is 19.4. The van der Waals surface area contributed by atoms with E-state index in [9.17, 15) is 22.8 Å². The molecule has 2 heterocycles. The summed E-state index contributed by atoms with van der Waals surface area (Å²) >= 11 is 0. The largest absolute Gasteiger partial charge is 0.417 e. The first-order valence-electron chi connectivity index (χ1n) is 9.56. The molecule has 32 heavy (non-hydrogen) atoms. The van der Waals surface area contributed by atoms with Gasteiger partial charge in [-0.15, -0.1) is 0 Å². The van der Waals surface area contributed by atoms with Gasteiger partial charge in [-0.25, -0.2) is 4.68 Å². The number of halogens is 3. The second-order valence-corrected chi connectivity index (χ2v) is 7.39. The zero-order chi connectivity index (χ0) is 23.6. The van der Waals surface area contributed by atoms with Crippen LogP contribution in [0.5, 0.6) is 0 Å². The van der Waals surface area contributed by atoms with Crippen molar-refractivity contribution >= 4 is 23.3 Å². The van der Waals surface area contributed by atoms with Crippen molar-refractivity contribution in [1.82, 2.24) is 14.8 Å². The molecule has 1 aromatic carbocycles. The van der Waals surface area contributed by atoms with Crippen LogP contribution in [0.4, 0.5) is 24.7 Å². The smallest absolute Gasteiger partial charge is 0.383 e. The second-order valence-electron chi connectivity index (χ2n) is 7.39. The molecule has 0 unspecified atom stereocenters. The summed E-state index contributed by atoms with van der Waals surface area (Å²) in [4.78, 5) is 27.6. The topological polar surface area (TPSA) is 129 Å². The molecule has 0 aliphatic carbocycles. The van der Waals surface area contributed by atoms with E-state index in [4.69, 9.17) is 11.5 Å². The molecule has 0 saturated carbocycles. The first kappa shape index (κ1) is 22.8. The number of aromatic nitrogens is 3. The van der Waals surface area contributed by atoms with E-state index < -0.39 is 23.6 Å². The third-order valence-corrected chi connectivity index (χ3v) is 4.62. The lowest BCUT2D eigenvalue weighted by Gasteiger charge is -2.09. The Balaban J connectivity index is 1.77. The third kappa shape index (κ3) is 4.88. The van der Waals surface area contributed by atoms with E-state index in [1.807, 2.05) is 13.8 Å². The van der Waals surface area contributed by atoms with Crippen molar-refractivity contribution in [1.29, 1.82) is 0 Å². The fourth-order valence-electron chi connectivity index (χ4n) is 3.12. The minimum atomic E-state index is -4.56. The molecule has 0 aliphatic heterocycles. The number of alkyl halides is 3. The lowest BCUT2D eigenvalue weighted by atomic mass is 10.0. The Morgan fingerprint density at radius 3 is 2.38 bits per heavy atom. The molecule has 0 saturated heterocycles. The van der Waals surface area contributed by atoms with Gasteiger partial charge in [-0.05, 0) is 25.5 Å². The number of rotatable bonds is 6. The number of amides is 2. The van der Waals surface area contributed by atoms with Gasteiger partial charge < -0.3 is 16.8 Å². The molecule has 0 fully saturated rings. The monoisotopic (exact) mass is 446 g/mol. The average molecular weight is 446 g/mol. The number of hydrogen-bond donors (Lipinski definition) is 3. The number of carbonyl (C=O) groups excluding carboxylic acids is 2. The maximum absolute atomic E-state index is 12.8. The Hall–Kier alpha value is -3.89. The van der Waals surface area contributed by atoms with Crippen LogP contribution < -0.4 is 16.8 Å². The zero-order valence-corrected chi connectivity index (χ0v) is 17.3. The van der Waals surface area contributed by atoms with Gasteiger partial charge in [-0.2, -0.15) is 18.3 Å². The predicted octanol–water partition coefficient (Wildman–Crippen LogP) is 3.41. The molecule has 0 bridgehead atoms. The number of benzene rings is 1. The van der Waals surface area contributed by atoms with Crippen LogP contribution in [-0.4, -0.2) is 26.6 Å². The van der Waals surface area contributed by atoms with E-state index in [0.717, 1.165) is 12.3 Å².